The van der Waals surface area contributed by atoms with Gasteiger partial charge in [0.15, 0.2) is 5.82 Å². The lowest BCUT2D eigenvalue weighted by Gasteiger charge is -2.10. The van der Waals surface area contributed by atoms with E-state index in [1.165, 1.54) is 29.8 Å². The first-order valence-corrected chi connectivity index (χ1v) is 9.29. The molecule has 4 aromatic rings. The predicted molar refractivity (Wildman–Crippen MR) is 108 cm³/mol. The lowest BCUT2D eigenvalue weighted by Crippen LogP contribution is -2.28. The van der Waals surface area contributed by atoms with E-state index in [1.54, 1.807) is 12.1 Å². The molecule has 2 aromatic carbocycles. The molecule has 0 radical (unpaired) electrons. The molecule has 0 aliphatic carbocycles. The number of hydrogen-bond acceptors (Lipinski definition) is 5. The fourth-order valence-electron chi connectivity index (χ4n) is 3.44. The van der Waals surface area contributed by atoms with Crippen LogP contribution in [-0.4, -0.2) is 35.1 Å². The van der Waals surface area contributed by atoms with Crippen LogP contribution in [0.5, 0.6) is 0 Å². The van der Waals surface area contributed by atoms with E-state index in [0.717, 1.165) is 29.1 Å². The molecule has 0 atom stereocenters. The summed E-state index contributed by atoms with van der Waals surface area (Å²) in [6, 6.07) is 12.1. The van der Waals surface area contributed by atoms with Crippen molar-refractivity contribution in [3.8, 4) is 29.0 Å². The Labute approximate surface area is 183 Å². The van der Waals surface area contributed by atoms with Crippen molar-refractivity contribution in [1.29, 1.82) is 5.26 Å². The highest BCUT2D eigenvalue weighted by molar-refractivity contribution is 5.76. The van der Waals surface area contributed by atoms with Crippen molar-refractivity contribution >= 4 is 6.09 Å². The standard InChI is InChI=1S/C21H13F3N6O3/c1-12-17(18-26-11-27-30(18)15-7-5-13(10-25)6-8-15)29(20(32)33)19(31)28(12)16-4-2-3-14(9-16)21(22,23)24/h2-9,11H,1H3,(H,32,33). The van der Waals surface area contributed by atoms with E-state index in [4.69, 9.17) is 5.26 Å². The van der Waals surface area contributed by atoms with Crippen molar-refractivity contribution in [1.82, 2.24) is 23.9 Å². The number of alkyl halides is 3. The monoisotopic (exact) mass is 454 g/mol. The van der Waals surface area contributed by atoms with Gasteiger partial charge in [-0.1, -0.05) is 6.07 Å². The van der Waals surface area contributed by atoms with Crippen molar-refractivity contribution in [2.75, 3.05) is 0 Å². The Kier molecular flexibility index (Phi) is 5.09. The van der Waals surface area contributed by atoms with E-state index in [1.807, 2.05) is 6.07 Å². The smallest absolute Gasteiger partial charge is 0.420 e. The molecule has 0 spiro atoms. The summed E-state index contributed by atoms with van der Waals surface area (Å²) in [6.07, 6.45) is -5.15. The molecule has 33 heavy (non-hydrogen) atoms. The van der Waals surface area contributed by atoms with Gasteiger partial charge in [-0.05, 0) is 49.4 Å². The van der Waals surface area contributed by atoms with Gasteiger partial charge in [-0.3, -0.25) is 4.57 Å². The summed E-state index contributed by atoms with van der Waals surface area (Å²) in [7, 11) is 0. The van der Waals surface area contributed by atoms with Crippen LogP contribution < -0.4 is 5.69 Å². The molecule has 1 N–H and O–H groups in total. The second kappa shape index (κ2) is 7.79. The fraction of sp³-hybridized carbons (Fsp3) is 0.0952. The quantitative estimate of drug-likeness (QED) is 0.505. The second-order valence-corrected chi connectivity index (χ2v) is 6.87. The van der Waals surface area contributed by atoms with Crippen molar-refractivity contribution < 1.29 is 23.1 Å². The summed E-state index contributed by atoms with van der Waals surface area (Å²) in [4.78, 5) is 29.1. The van der Waals surface area contributed by atoms with E-state index >= 15 is 0 Å². The average molecular weight is 454 g/mol. The number of imidazole rings is 1. The number of benzene rings is 2. The van der Waals surface area contributed by atoms with Crippen LogP contribution in [0.4, 0.5) is 18.0 Å². The second-order valence-electron chi connectivity index (χ2n) is 6.87. The van der Waals surface area contributed by atoms with Crippen LogP contribution >= 0.6 is 0 Å². The maximum Gasteiger partial charge on any atom is 0.420 e. The first kappa shape index (κ1) is 21.6. The van der Waals surface area contributed by atoms with Gasteiger partial charge in [0.05, 0.1) is 34.3 Å². The van der Waals surface area contributed by atoms with Gasteiger partial charge < -0.3 is 5.11 Å². The van der Waals surface area contributed by atoms with E-state index in [9.17, 15) is 27.9 Å². The lowest BCUT2D eigenvalue weighted by molar-refractivity contribution is -0.137. The number of halogens is 3. The number of hydrogen-bond donors (Lipinski definition) is 1. The molecule has 12 heteroatoms. The Bertz CT molecular complexity index is 1470. The molecule has 0 aliphatic heterocycles. The zero-order chi connectivity index (χ0) is 23.9. The van der Waals surface area contributed by atoms with Gasteiger partial charge in [0, 0.05) is 0 Å². The molecule has 2 aromatic heterocycles. The number of rotatable bonds is 3. The van der Waals surface area contributed by atoms with E-state index in [0.29, 0.717) is 15.8 Å². The maximum atomic E-state index is 13.2. The van der Waals surface area contributed by atoms with Crippen LogP contribution in [0, 0.1) is 18.3 Å². The molecule has 0 saturated carbocycles. The van der Waals surface area contributed by atoms with Crippen LogP contribution in [0.15, 0.2) is 59.7 Å². The van der Waals surface area contributed by atoms with Crippen LogP contribution in [0.25, 0.3) is 22.9 Å². The molecule has 0 aliphatic rings. The topological polar surface area (TPSA) is 119 Å². The van der Waals surface area contributed by atoms with E-state index in [2.05, 4.69) is 10.1 Å². The summed E-state index contributed by atoms with van der Waals surface area (Å²) in [5.74, 6) is -0.0255. The molecule has 0 bridgehead atoms. The molecule has 9 nitrogen and oxygen atoms in total. The van der Waals surface area contributed by atoms with Gasteiger partial charge in [0.2, 0.25) is 0 Å². The molecule has 166 valence electrons. The third kappa shape index (κ3) is 3.65. The summed E-state index contributed by atoms with van der Waals surface area (Å²) in [5.41, 5.74) is -1.53. The van der Waals surface area contributed by atoms with Gasteiger partial charge in [-0.2, -0.15) is 28.1 Å². The Morgan fingerprint density at radius 1 is 1.12 bits per heavy atom. The lowest BCUT2D eigenvalue weighted by atomic mass is 10.2. The first-order valence-electron chi connectivity index (χ1n) is 9.29. The number of nitriles is 1. The average Bonchev–Trinajstić information content (AvgIpc) is 3.35. The summed E-state index contributed by atoms with van der Waals surface area (Å²) < 4.78 is 42.1. The van der Waals surface area contributed by atoms with Crippen LogP contribution in [0.2, 0.25) is 0 Å². The Morgan fingerprint density at radius 3 is 2.42 bits per heavy atom. The van der Waals surface area contributed by atoms with Gasteiger partial charge in [-0.25, -0.2) is 19.3 Å². The molecule has 0 saturated heterocycles. The molecule has 4 rings (SSSR count). The number of nitrogens with zero attached hydrogens (tertiary/aromatic N) is 6. The summed E-state index contributed by atoms with van der Waals surface area (Å²) >= 11 is 0. The number of carboxylic acid groups (broad SMARTS) is 1. The molecular formula is C21H13F3N6O3. The zero-order valence-corrected chi connectivity index (χ0v) is 16.8. The Balaban J connectivity index is 1.96. The highest BCUT2D eigenvalue weighted by atomic mass is 19.4. The summed E-state index contributed by atoms with van der Waals surface area (Å²) in [6.45, 7) is 1.40. The van der Waals surface area contributed by atoms with Crippen molar-refractivity contribution in [3.05, 3.63) is 82.2 Å². The van der Waals surface area contributed by atoms with E-state index in [-0.39, 0.29) is 22.9 Å². The minimum absolute atomic E-state index is 0.0255. The van der Waals surface area contributed by atoms with Gasteiger partial charge in [0.25, 0.3) is 0 Å². The van der Waals surface area contributed by atoms with Crippen molar-refractivity contribution in [3.63, 3.8) is 0 Å². The number of carbonyl (C=O) groups is 1. The predicted octanol–water partition coefficient (Wildman–Crippen LogP) is 3.61. The minimum Gasteiger partial charge on any atom is -0.464 e. The highest BCUT2D eigenvalue weighted by Gasteiger charge is 2.32. The largest absolute Gasteiger partial charge is 0.464 e. The third-order valence-electron chi connectivity index (χ3n) is 4.91. The molecule has 0 fully saturated rings. The van der Waals surface area contributed by atoms with Crippen molar-refractivity contribution in [2.24, 2.45) is 0 Å². The normalized spacial score (nSPS) is 11.4. The maximum absolute atomic E-state index is 13.2. The molecule has 0 amide bonds. The third-order valence-corrected chi connectivity index (χ3v) is 4.91. The first-order chi connectivity index (χ1) is 15.6. The SMILES string of the molecule is Cc1c(-c2ncnn2-c2ccc(C#N)cc2)n(C(=O)O)c(=O)n1-c1cccc(C(F)(F)F)c1. The van der Waals surface area contributed by atoms with Gasteiger partial charge >= 0.3 is 18.0 Å². The van der Waals surface area contributed by atoms with Crippen LogP contribution in [-0.2, 0) is 6.18 Å². The Hall–Kier alpha value is -4.66. The van der Waals surface area contributed by atoms with Gasteiger partial charge in [0.1, 0.15) is 12.0 Å². The molecule has 0 unspecified atom stereocenters. The fourth-order valence-corrected chi connectivity index (χ4v) is 3.44. The minimum atomic E-state index is -4.65. The zero-order valence-electron chi connectivity index (χ0n) is 16.8. The van der Waals surface area contributed by atoms with Crippen LogP contribution in [0.1, 0.15) is 16.8 Å². The molecular weight excluding hydrogens is 441 g/mol. The number of aromatic nitrogens is 5. The molecule has 2 heterocycles. The summed E-state index contributed by atoms with van der Waals surface area (Å²) in [5, 5.41) is 22.8. The van der Waals surface area contributed by atoms with E-state index < -0.39 is 23.5 Å². The van der Waals surface area contributed by atoms with Crippen LogP contribution in [0.3, 0.4) is 0 Å². The highest BCUT2D eigenvalue weighted by Crippen LogP contribution is 2.31. The Morgan fingerprint density at radius 2 is 1.82 bits per heavy atom. The van der Waals surface area contributed by atoms with Gasteiger partial charge in [-0.15, -0.1) is 0 Å². The van der Waals surface area contributed by atoms with Crippen molar-refractivity contribution in [2.45, 2.75) is 13.1 Å².